The number of anilines is 1. The number of rotatable bonds is 4. The zero-order valence-electron chi connectivity index (χ0n) is 15.0. The van der Waals surface area contributed by atoms with Gasteiger partial charge in [0, 0.05) is 18.9 Å². The number of cyclic esters (lactones) is 1. The Labute approximate surface area is 165 Å². The highest BCUT2D eigenvalue weighted by molar-refractivity contribution is 7.18. The molecule has 1 aromatic heterocycles. The van der Waals surface area contributed by atoms with Gasteiger partial charge in [-0.2, -0.15) is 0 Å². The number of nitrogens with zero attached hydrogens (tertiary/aromatic N) is 1. The Balaban J connectivity index is 1.57. The minimum Gasteiger partial charge on any atom is -0.448 e. The Hall–Kier alpha value is -3.32. The number of hydrogen-bond acceptors (Lipinski definition) is 6. The summed E-state index contributed by atoms with van der Waals surface area (Å²) in [5, 5.41) is 2.98. The largest absolute Gasteiger partial charge is 0.448 e. The number of ketones is 1. The third-order valence-corrected chi connectivity index (χ3v) is 5.48. The Morgan fingerprint density at radius 3 is 2.57 bits per heavy atom. The van der Waals surface area contributed by atoms with E-state index in [1.165, 1.54) is 6.92 Å². The molecular weight excluding hydrogens is 376 g/mol. The van der Waals surface area contributed by atoms with E-state index in [2.05, 4.69) is 10.3 Å². The number of hydrogen-bond donors (Lipinski definition) is 1. The molecule has 1 N–H and O–H groups in total. The lowest BCUT2D eigenvalue weighted by Crippen LogP contribution is -2.37. The predicted molar refractivity (Wildman–Crippen MR) is 106 cm³/mol. The van der Waals surface area contributed by atoms with Gasteiger partial charge in [-0.3, -0.25) is 14.9 Å². The number of nitrogens with one attached hydrogen (secondary N) is 1. The van der Waals surface area contributed by atoms with Crippen molar-refractivity contribution in [2.75, 3.05) is 5.32 Å². The SMILES string of the molecule is CC(=O)c1sc(NC(=O)[C@H]2Cc3ccccc3C(=O)O2)nc1-c1ccccc1. The van der Waals surface area contributed by atoms with E-state index < -0.39 is 18.0 Å². The van der Waals surface area contributed by atoms with Crippen LogP contribution in [0, 0.1) is 0 Å². The van der Waals surface area contributed by atoms with Crippen molar-refractivity contribution in [3.05, 3.63) is 70.6 Å². The van der Waals surface area contributed by atoms with Gasteiger partial charge in [-0.25, -0.2) is 9.78 Å². The normalized spacial score (nSPS) is 15.5. The summed E-state index contributed by atoms with van der Waals surface area (Å²) in [4.78, 5) is 41.7. The lowest BCUT2D eigenvalue weighted by Gasteiger charge is -2.23. The van der Waals surface area contributed by atoms with Crippen molar-refractivity contribution in [1.29, 1.82) is 0 Å². The van der Waals surface area contributed by atoms with Gasteiger partial charge < -0.3 is 4.74 Å². The maximum atomic E-state index is 12.6. The molecule has 2 heterocycles. The standard InChI is InChI=1S/C21H16N2O4S/c1-12(24)18-17(13-7-3-2-4-8-13)22-21(28-18)23-19(25)16-11-14-9-5-6-10-15(14)20(26)27-16/h2-10,16H,11H2,1H3,(H,22,23,25)/t16-/m1/s1. The highest BCUT2D eigenvalue weighted by Crippen LogP contribution is 2.32. The van der Waals surface area contributed by atoms with E-state index in [9.17, 15) is 14.4 Å². The van der Waals surface area contributed by atoms with E-state index >= 15 is 0 Å². The first kappa shape index (κ1) is 18.1. The summed E-state index contributed by atoms with van der Waals surface area (Å²) in [5.74, 6) is -1.11. The average Bonchev–Trinajstić information content (AvgIpc) is 3.13. The predicted octanol–water partition coefficient (Wildman–Crippen LogP) is 3.73. The number of Topliss-reactive ketones (excluding diaryl/α,β-unsaturated/α-hetero) is 1. The van der Waals surface area contributed by atoms with Gasteiger partial charge in [-0.1, -0.05) is 59.9 Å². The number of ether oxygens (including phenoxy) is 1. The number of amides is 1. The number of fused-ring (bicyclic) bond motifs is 1. The maximum absolute atomic E-state index is 12.6. The van der Waals surface area contributed by atoms with Crippen molar-refractivity contribution >= 4 is 34.1 Å². The minimum atomic E-state index is -0.938. The molecule has 1 atom stereocenters. The van der Waals surface area contributed by atoms with Crippen LogP contribution >= 0.6 is 11.3 Å². The summed E-state index contributed by atoms with van der Waals surface area (Å²) in [6, 6.07) is 16.4. The third-order valence-electron chi connectivity index (χ3n) is 4.41. The van der Waals surface area contributed by atoms with Crippen LogP contribution in [0.15, 0.2) is 54.6 Å². The number of carbonyl (C=O) groups excluding carboxylic acids is 3. The highest BCUT2D eigenvalue weighted by Gasteiger charge is 2.31. The molecule has 0 bridgehead atoms. The molecule has 6 nitrogen and oxygen atoms in total. The molecule has 0 unspecified atom stereocenters. The van der Waals surface area contributed by atoms with Gasteiger partial charge in [0.25, 0.3) is 5.91 Å². The minimum absolute atomic E-state index is 0.130. The molecule has 7 heteroatoms. The molecule has 1 aliphatic heterocycles. The van der Waals surface area contributed by atoms with Gasteiger partial charge in [0.05, 0.1) is 16.1 Å². The van der Waals surface area contributed by atoms with Gasteiger partial charge in [-0.15, -0.1) is 0 Å². The fraction of sp³-hybridized carbons (Fsp3) is 0.143. The Bertz CT molecular complexity index is 1080. The molecule has 3 aromatic rings. The first-order valence-electron chi connectivity index (χ1n) is 8.70. The monoisotopic (exact) mass is 392 g/mol. The molecule has 0 saturated heterocycles. The molecule has 0 fully saturated rings. The quantitative estimate of drug-likeness (QED) is 0.540. The van der Waals surface area contributed by atoms with Crippen LogP contribution in [0.5, 0.6) is 0 Å². The van der Waals surface area contributed by atoms with E-state index in [1.807, 2.05) is 36.4 Å². The molecule has 4 rings (SSSR count). The maximum Gasteiger partial charge on any atom is 0.339 e. The Morgan fingerprint density at radius 2 is 1.82 bits per heavy atom. The topological polar surface area (TPSA) is 85.4 Å². The van der Waals surface area contributed by atoms with Crippen LogP contribution < -0.4 is 5.32 Å². The third kappa shape index (κ3) is 3.44. The van der Waals surface area contributed by atoms with E-state index in [0.717, 1.165) is 22.5 Å². The van der Waals surface area contributed by atoms with E-state index in [1.54, 1.807) is 18.2 Å². The van der Waals surface area contributed by atoms with Crippen LogP contribution in [-0.4, -0.2) is 28.7 Å². The van der Waals surface area contributed by atoms with Crippen LogP contribution in [0.1, 0.15) is 32.5 Å². The van der Waals surface area contributed by atoms with Crippen LogP contribution in [-0.2, 0) is 16.0 Å². The molecule has 1 amide bonds. The Morgan fingerprint density at radius 1 is 1.11 bits per heavy atom. The number of aromatic nitrogens is 1. The second-order valence-corrected chi connectivity index (χ2v) is 7.36. The summed E-state index contributed by atoms with van der Waals surface area (Å²) >= 11 is 1.11. The van der Waals surface area contributed by atoms with E-state index in [0.29, 0.717) is 27.7 Å². The number of benzene rings is 2. The molecular formula is C21H16N2O4S. The van der Waals surface area contributed by atoms with Crippen molar-refractivity contribution in [3.63, 3.8) is 0 Å². The summed E-state index contributed by atoms with van der Waals surface area (Å²) in [7, 11) is 0. The van der Waals surface area contributed by atoms with Crippen LogP contribution in [0.3, 0.4) is 0 Å². The van der Waals surface area contributed by atoms with Crippen LogP contribution in [0.4, 0.5) is 5.13 Å². The van der Waals surface area contributed by atoms with Gasteiger partial charge in [-0.05, 0) is 11.6 Å². The van der Waals surface area contributed by atoms with Crippen molar-refractivity contribution in [1.82, 2.24) is 4.98 Å². The molecule has 0 aliphatic carbocycles. The van der Waals surface area contributed by atoms with Crippen molar-refractivity contribution in [2.24, 2.45) is 0 Å². The lowest BCUT2D eigenvalue weighted by atomic mass is 9.98. The average molecular weight is 392 g/mol. The molecule has 1 aliphatic rings. The van der Waals surface area contributed by atoms with Crippen LogP contribution in [0.2, 0.25) is 0 Å². The summed E-state index contributed by atoms with van der Waals surface area (Å²) in [6.07, 6.45) is -0.642. The van der Waals surface area contributed by atoms with Gasteiger partial charge >= 0.3 is 5.97 Å². The van der Waals surface area contributed by atoms with Crippen LogP contribution in [0.25, 0.3) is 11.3 Å². The fourth-order valence-electron chi connectivity index (χ4n) is 3.07. The first-order valence-corrected chi connectivity index (χ1v) is 9.51. The second-order valence-electron chi connectivity index (χ2n) is 6.36. The summed E-state index contributed by atoms with van der Waals surface area (Å²) in [5.41, 5.74) is 2.57. The number of thiazole rings is 1. The lowest BCUT2D eigenvalue weighted by molar-refractivity contribution is -0.125. The first-order chi connectivity index (χ1) is 13.5. The number of esters is 1. The van der Waals surface area contributed by atoms with Crippen molar-refractivity contribution < 1.29 is 19.1 Å². The summed E-state index contributed by atoms with van der Waals surface area (Å²) < 4.78 is 5.27. The highest BCUT2D eigenvalue weighted by atomic mass is 32.1. The Kier molecular flexibility index (Phi) is 4.75. The zero-order chi connectivity index (χ0) is 19.7. The van der Waals surface area contributed by atoms with Gasteiger partial charge in [0.2, 0.25) is 0 Å². The molecule has 0 saturated carbocycles. The van der Waals surface area contributed by atoms with E-state index in [-0.39, 0.29) is 5.78 Å². The molecule has 28 heavy (non-hydrogen) atoms. The van der Waals surface area contributed by atoms with Crippen molar-refractivity contribution in [3.8, 4) is 11.3 Å². The number of carbonyl (C=O) groups is 3. The zero-order valence-corrected chi connectivity index (χ0v) is 15.8. The molecule has 2 aromatic carbocycles. The van der Waals surface area contributed by atoms with Gasteiger partial charge in [0.1, 0.15) is 0 Å². The van der Waals surface area contributed by atoms with Gasteiger partial charge in [0.15, 0.2) is 17.0 Å². The fourth-order valence-corrected chi connectivity index (χ4v) is 3.95. The van der Waals surface area contributed by atoms with Crippen molar-refractivity contribution in [2.45, 2.75) is 19.4 Å². The van der Waals surface area contributed by atoms with E-state index in [4.69, 9.17) is 4.74 Å². The summed E-state index contributed by atoms with van der Waals surface area (Å²) in [6.45, 7) is 1.46. The molecule has 0 radical (unpaired) electrons. The second kappa shape index (κ2) is 7.36. The smallest absolute Gasteiger partial charge is 0.339 e. The molecule has 0 spiro atoms. The molecule has 140 valence electrons.